The average molecular weight is 242 g/mol. The summed E-state index contributed by atoms with van der Waals surface area (Å²) in [4.78, 5) is 12.4. The third kappa shape index (κ3) is 2.07. The predicted octanol–water partition coefficient (Wildman–Crippen LogP) is 4.50. The van der Waals surface area contributed by atoms with Crippen LogP contribution in [0, 0.1) is 12.8 Å². The maximum absolute atomic E-state index is 12.4. The quantitative estimate of drug-likeness (QED) is 0.725. The second kappa shape index (κ2) is 4.60. The molecule has 0 radical (unpaired) electrons. The fourth-order valence-corrected chi connectivity index (χ4v) is 2.85. The van der Waals surface area contributed by atoms with E-state index in [2.05, 4.69) is 13.0 Å². The zero-order valence-corrected chi connectivity index (χ0v) is 10.7. The second-order valence-corrected chi connectivity index (χ2v) is 5.35. The Morgan fingerprint density at radius 1 is 1.17 bits per heavy atom. The molecule has 0 unspecified atom stereocenters. The molecule has 0 aliphatic heterocycles. The number of furan rings is 1. The van der Waals surface area contributed by atoms with Crippen molar-refractivity contribution >= 4 is 16.8 Å². The van der Waals surface area contributed by atoms with Crippen LogP contribution in [-0.4, -0.2) is 5.78 Å². The van der Waals surface area contributed by atoms with Crippen molar-refractivity contribution in [3.8, 4) is 0 Å². The molecule has 0 N–H and O–H groups in total. The van der Waals surface area contributed by atoms with Crippen LogP contribution in [0.3, 0.4) is 0 Å². The Balaban J connectivity index is 1.91. The number of benzene rings is 1. The number of carbonyl (C=O) groups excluding carboxylic acids is 1. The molecule has 1 saturated carbocycles. The van der Waals surface area contributed by atoms with Gasteiger partial charge in [0.2, 0.25) is 5.78 Å². The molecule has 0 saturated heterocycles. The summed E-state index contributed by atoms with van der Waals surface area (Å²) in [6, 6.07) is 7.93. The van der Waals surface area contributed by atoms with Crippen molar-refractivity contribution in [3.05, 3.63) is 35.6 Å². The summed E-state index contributed by atoms with van der Waals surface area (Å²) in [6.45, 7) is 2.05. The van der Waals surface area contributed by atoms with Crippen LogP contribution in [0.25, 0.3) is 11.0 Å². The van der Waals surface area contributed by atoms with Crippen LogP contribution < -0.4 is 0 Å². The fourth-order valence-electron chi connectivity index (χ4n) is 2.85. The SMILES string of the molecule is Cc1ccc2oc(C(=O)C3CCCCC3)cc2c1. The number of hydrogen-bond donors (Lipinski definition) is 0. The molecular formula is C16H18O2. The normalized spacial score (nSPS) is 17.2. The summed E-state index contributed by atoms with van der Waals surface area (Å²) in [5.41, 5.74) is 2.01. The van der Waals surface area contributed by atoms with E-state index in [-0.39, 0.29) is 11.7 Å². The van der Waals surface area contributed by atoms with Crippen LogP contribution in [0.2, 0.25) is 0 Å². The molecular weight excluding hydrogens is 224 g/mol. The number of ketones is 1. The van der Waals surface area contributed by atoms with E-state index in [0.717, 1.165) is 23.8 Å². The van der Waals surface area contributed by atoms with E-state index in [9.17, 15) is 4.79 Å². The third-order valence-electron chi connectivity index (χ3n) is 3.89. The van der Waals surface area contributed by atoms with E-state index < -0.39 is 0 Å². The van der Waals surface area contributed by atoms with Gasteiger partial charge in [0, 0.05) is 11.3 Å². The van der Waals surface area contributed by atoms with Crippen molar-refractivity contribution in [1.82, 2.24) is 0 Å². The Morgan fingerprint density at radius 3 is 2.72 bits per heavy atom. The topological polar surface area (TPSA) is 30.2 Å². The molecule has 0 spiro atoms. The molecule has 1 aliphatic rings. The minimum atomic E-state index is 0.181. The van der Waals surface area contributed by atoms with Crippen LogP contribution in [0.4, 0.5) is 0 Å². The van der Waals surface area contributed by atoms with Crippen molar-refractivity contribution in [2.24, 2.45) is 5.92 Å². The molecule has 0 bridgehead atoms. The first-order valence-electron chi connectivity index (χ1n) is 6.78. The van der Waals surface area contributed by atoms with Crippen LogP contribution in [0.15, 0.2) is 28.7 Å². The summed E-state index contributed by atoms with van der Waals surface area (Å²) in [7, 11) is 0. The highest BCUT2D eigenvalue weighted by Crippen LogP contribution is 2.29. The standard InChI is InChI=1S/C16H18O2/c1-11-7-8-14-13(9-11)10-15(18-14)16(17)12-5-3-2-4-6-12/h7-10,12H,2-6H2,1H3. The highest BCUT2D eigenvalue weighted by molar-refractivity contribution is 5.99. The van der Waals surface area contributed by atoms with E-state index in [4.69, 9.17) is 4.42 Å². The summed E-state index contributed by atoms with van der Waals surface area (Å²) < 4.78 is 5.69. The van der Waals surface area contributed by atoms with E-state index in [1.807, 2.05) is 18.2 Å². The fraction of sp³-hybridized carbons (Fsp3) is 0.438. The number of Topliss-reactive ketones (excluding diaryl/α,β-unsaturated/α-hetero) is 1. The lowest BCUT2D eigenvalue weighted by Gasteiger charge is -2.18. The lowest BCUT2D eigenvalue weighted by Crippen LogP contribution is -2.17. The van der Waals surface area contributed by atoms with Gasteiger partial charge < -0.3 is 4.42 Å². The number of aryl methyl sites for hydroxylation is 1. The Hall–Kier alpha value is -1.57. The molecule has 1 aromatic carbocycles. The number of rotatable bonds is 2. The van der Waals surface area contributed by atoms with Crippen molar-refractivity contribution in [2.45, 2.75) is 39.0 Å². The molecule has 18 heavy (non-hydrogen) atoms. The Bertz CT molecular complexity index is 574. The monoisotopic (exact) mass is 242 g/mol. The highest BCUT2D eigenvalue weighted by Gasteiger charge is 2.24. The Kier molecular flexibility index (Phi) is 2.94. The molecule has 1 aromatic heterocycles. The second-order valence-electron chi connectivity index (χ2n) is 5.35. The van der Waals surface area contributed by atoms with E-state index in [1.54, 1.807) is 0 Å². The molecule has 0 amide bonds. The number of fused-ring (bicyclic) bond motifs is 1. The van der Waals surface area contributed by atoms with Crippen LogP contribution >= 0.6 is 0 Å². The van der Waals surface area contributed by atoms with Gasteiger partial charge in [-0.25, -0.2) is 0 Å². The molecule has 3 rings (SSSR count). The Morgan fingerprint density at radius 2 is 1.94 bits per heavy atom. The van der Waals surface area contributed by atoms with E-state index in [1.165, 1.54) is 24.8 Å². The summed E-state index contributed by atoms with van der Waals surface area (Å²) in [5, 5.41) is 1.04. The smallest absolute Gasteiger partial charge is 0.201 e. The van der Waals surface area contributed by atoms with Gasteiger partial charge in [-0.3, -0.25) is 4.79 Å². The number of carbonyl (C=O) groups is 1. The molecule has 1 aliphatic carbocycles. The number of hydrogen-bond acceptors (Lipinski definition) is 2. The van der Waals surface area contributed by atoms with Crippen molar-refractivity contribution in [3.63, 3.8) is 0 Å². The van der Waals surface area contributed by atoms with Gasteiger partial charge in [0.05, 0.1) is 0 Å². The first kappa shape index (κ1) is 11.5. The van der Waals surface area contributed by atoms with Gasteiger partial charge in [0.1, 0.15) is 5.58 Å². The van der Waals surface area contributed by atoms with Crippen molar-refractivity contribution in [2.75, 3.05) is 0 Å². The molecule has 0 atom stereocenters. The van der Waals surface area contributed by atoms with Crippen molar-refractivity contribution < 1.29 is 9.21 Å². The van der Waals surface area contributed by atoms with Gasteiger partial charge in [-0.05, 0) is 38.0 Å². The minimum Gasteiger partial charge on any atom is -0.453 e. The van der Waals surface area contributed by atoms with Crippen LogP contribution in [-0.2, 0) is 0 Å². The lowest BCUT2D eigenvalue weighted by molar-refractivity contribution is 0.0863. The van der Waals surface area contributed by atoms with E-state index in [0.29, 0.717) is 5.76 Å². The van der Waals surface area contributed by atoms with Gasteiger partial charge in [-0.2, -0.15) is 0 Å². The van der Waals surface area contributed by atoms with Crippen LogP contribution in [0.1, 0.15) is 48.2 Å². The molecule has 94 valence electrons. The lowest BCUT2D eigenvalue weighted by atomic mass is 9.85. The molecule has 1 fully saturated rings. The summed E-state index contributed by atoms with van der Waals surface area (Å²) >= 11 is 0. The first-order valence-corrected chi connectivity index (χ1v) is 6.78. The van der Waals surface area contributed by atoms with Gasteiger partial charge in [-0.15, -0.1) is 0 Å². The van der Waals surface area contributed by atoms with Gasteiger partial charge in [0.25, 0.3) is 0 Å². The average Bonchev–Trinajstić information content (AvgIpc) is 2.81. The predicted molar refractivity (Wildman–Crippen MR) is 71.9 cm³/mol. The largest absolute Gasteiger partial charge is 0.453 e. The summed E-state index contributed by atoms with van der Waals surface area (Å²) in [5.74, 6) is 0.923. The summed E-state index contributed by atoms with van der Waals surface area (Å²) in [6.07, 6.45) is 5.67. The maximum Gasteiger partial charge on any atom is 0.201 e. The van der Waals surface area contributed by atoms with Gasteiger partial charge in [0.15, 0.2) is 5.76 Å². The zero-order chi connectivity index (χ0) is 12.5. The third-order valence-corrected chi connectivity index (χ3v) is 3.89. The zero-order valence-electron chi connectivity index (χ0n) is 10.7. The minimum absolute atomic E-state index is 0.181. The molecule has 2 aromatic rings. The van der Waals surface area contributed by atoms with Gasteiger partial charge in [-0.1, -0.05) is 30.9 Å². The van der Waals surface area contributed by atoms with Gasteiger partial charge >= 0.3 is 0 Å². The van der Waals surface area contributed by atoms with Crippen molar-refractivity contribution in [1.29, 1.82) is 0 Å². The van der Waals surface area contributed by atoms with Crippen LogP contribution in [0.5, 0.6) is 0 Å². The highest BCUT2D eigenvalue weighted by atomic mass is 16.3. The first-order chi connectivity index (χ1) is 8.74. The molecule has 2 nitrogen and oxygen atoms in total. The molecule has 1 heterocycles. The Labute approximate surface area is 107 Å². The molecule has 2 heteroatoms. The van der Waals surface area contributed by atoms with E-state index >= 15 is 0 Å². The maximum atomic E-state index is 12.4.